The number of hydrogen-bond acceptors (Lipinski definition) is 3. The summed E-state index contributed by atoms with van der Waals surface area (Å²) < 4.78 is 6.19. The first-order valence-corrected chi connectivity index (χ1v) is 10.1. The lowest BCUT2D eigenvalue weighted by molar-refractivity contribution is 0.184. The highest BCUT2D eigenvalue weighted by atomic mass is 127. The van der Waals surface area contributed by atoms with Gasteiger partial charge in [0.05, 0.1) is 10.7 Å². The standard InChI is InChI=1S/C14H22N2.C7H7IO/c1-2-15-14-9-6-10-16(12-14)11-13-7-4-3-5-8-13;1-9-7-5-3-2-4-6(7)8/h3-5,7-8,14-15H,2,6,9-12H2,1H3;2-5H,1H3. The minimum atomic E-state index is 0.697. The molecule has 1 saturated heterocycles. The smallest absolute Gasteiger partial charge is 0.132 e. The summed E-state index contributed by atoms with van der Waals surface area (Å²) in [5.74, 6) is 0.943. The minimum absolute atomic E-state index is 0.697. The van der Waals surface area contributed by atoms with Crippen LogP contribution in [0.2, 0.25) is 0 Å². The number of piperidine rings is 1. The molecule has 1 heterocycles. The number of nitrogens with zero attached hydrogens (tertiary/aromatic N) is 1. The molecule has 3 rings (SSSR count). The second-order valence-corrected chi connectivity index (χ2v) is 7.41. The van der Waals surface area contributed by atoms with Crippen molar-refractivity contribution in [2.24, 2.45) is 0 Å². The Morgan fingerprint density at radius 3 is 2.48 bits per heavy atom. The van der Waals surface area contributed by atoms with Gasteiger partial charge in [-0.05, 0) is 66.2 Å². The summed E-state index contributed by atoms with van der Waals surface area (Å²) in [5.41, 5.74) is 1.43. The zero-order valence-corrected chi connectivity index (χ0v) is 17.4. The van der Waals surface area contributed by atoms with Crippen molar-refractivity contribution in [1.82, 2.24) is 10.2 Å². The number of hydrogen-bond donors (Lipinski definition) is 1. The molecule has 0 spiro atoms. The summed E-state index contributed by atoms with van der Waals surface area (Å²) in [6.45, 7) is 6.82. The number of rotatable bonds is 5. The zero-order chi connectivity index (χ0) is 17.9. The van der Waals surface area contributed by atoms with Crippen LogP contribution in [0.5, 0.6) is 5.75 Å². The van der Waals surface area contributed by atoms with Crippen molar-refractivity contribution in [1.29, 1.82) is 0 Å². The molecule has 0 aromatic heterocycles. The zero-order valence-electron chi connectivity index (χ0n) is 15.2. The van der Waals surface area contributed by atoms with Crippen LogP contribution in [0.15, 0.2) is 54.6 Å². The summed E-state index contributed by atoms with van der Waals surface area (Å²) in [4.78, 5) is 2.56. The average Bonchev–Trinajstić information content (AvgIpc) is 2.64. The molecule has 2 aromatic rings. The summed E-state index contributed by atoms with van der Waals surface area (Å²) >= 11 is 2.24. The molecule has 3 nitrogen and oxygen atoms in total. The number of benzene rings is 2. The largest absolute Gasteiger partial charge is 0.496 e. The van der Waals surface area contributed by atoms with Crippen LogP contribution in [0.4, 0.5) is 0 Å². The maximum atomic E-state index is 5.04. The molecular formula is C21H29IN2O. The second-order valence-electron chi connectivity index (χ2n) is 6.25. The van der Waals surface area contributed by atoms with Crippen LogP contribution in [0.1, 0.15) is 25.3 Å². The maximum Gasteiger partial charge on any atom is 0.132 e. The van der Waals surface area contributed by atoms with E-state index in [0.29, 0.717) is 6.04 Å². The van der Waals surface area contributed by atoms with Gasteiger partial charge in [0.2, 0.25) is 0 Å². The van der Waals surface area contributed by atoms with Gasteiger partial charge in [0, 0.05) is 19.1 Å². The second kappa shape index (κ2) is 11.5. The van der Waals surface area contributed by atoms with Gasteiger partial charge in [0.1, 0.15) is 5.75 Å². The third-order valence-corrected chi connectivity index (χ3v) is 5.20. The van der Waals surface area contributed by atoms with Gasteiger partial charge in [-0.1, -0.05) is 49.4 Å². The lowest BCUT2D eigenvalue weighted by atomic mass is 10.0. The van der Waals surface area contributed by atoms with Gasteiger partial charge in [-0.3, -0.25) is 4.90 Å². The van der Waals surface area contributed by atoms with E-state index in [0.717, 1.165) is 22.4 Å². The quantitative estimate of drug-likeness (QED) is 0.674. The number of methoxy groups -OCH3 is 1. The van der Waals surface area contributed by atoms with Gasteiger partial charge >= 0.3 is 0 Å². The fourth-order valence-electron chi connectivity index (χ4n) is 3.11. The Hall–Kier alpha value is -1.11. The molecule has 1 aliphatic heterocycles. The van der Waals surface area contributed by atoms with Gasteiger partial charge in [0.25, 0.3) is 0 Å². The Bertz CT molecular complexity index is 604. The van der Waals surface area contributed by atoms with Gasteiger partial charge in [-0.2, -0.15) is 0 Å². The van der Waals surface area contributed by atoms with Crippen molar-refractivity contribution in [2.45, 2.75) is 32.4 Å². The van der Waals surface area contributed by atoms with E-state index in [-0.39, 0.29) is 0 Å². The van der Waals surface area contributed by atoms with E-state index < -0.39 is 0 Å². The molecule has 0 bridgehead atoms. The third kappa shape index (κ3) is 7.34. The summed E-state index contributed by atoms with van der Waals surface area (Å²) in [6.07, 6.45) is 2.66. The first-order valence-electron chi connectivity index (χ1n) is 9.01. The van der Waals surface area contributed by atoms with Gasteiger partial charge in [-0.15, -0.1) is 0 Å². The Kier molecular flexibility index (Phi) is 9.29. The van der Waals surface area contributed by atoms with Crippen molar-refractivity contribution < 1.29 is 4.74 Å². The molecular weight excluding hydrogens is 423 g/mol. The molecule has 1 atom stereocenters. The van der Waals surface area contributed by atoms with Crippen LogP contribution in [0.3, 0.4) is 0 Å². The number of para-hydroxylation sites is 1. The monoisotopic (exact) mass is 452 g/mol. The van der Waals surface area contributed by atoms with Crippen LogP contribution in [-0.4, -0.2) is 37.7 Å². The van der Waals surface area contributed by atoms with E-state index in [9.17, 15) is 0 Å². The molecule has 1 unspecified atom stereocenters. The van der Waals surface area contributed by atoms with Crippen LogP contribution >= 0.6 is 22.6 Å². The lowest BCUT2D eigenvalue weighted by Gasteiger charge is -2.33. The van der Waals surface area contributed by atoms with Crippen molar-refractivity contribution in [3.63, 3.8) is 0 Å². The number of nitrogens with one attached hydrogen (secondary N) is 1. The maximum absolute atomic E-state index is 5.04. The highest BCUT2D eigenvalue weighted by molar-refractivity contribution is 14.1. The van der Waals surface area contributed by atoms with E-state index in [1.165, 1.54) is 31.5 Å². The van der Waals surface area contributed by atoms with E-state index >= 15 is 0 Å². The topological polar surface area (TPSA) is 24.5 Å². The third-order valence-electron chi connectivity index (χ3n) is 4.30. The summed E-state index contributed by atoms with van der Waals surface area (Å²) in [7, 11) is 1.68. The number of ether oxygens (including phenoxy) is 1. The minimum Gasteiger partial charge on any atom is -0.496 e. The van der Waals surface area contributed by atoms with Gasteiger partial charge in [-0.25, -0.2) is 0 Å². The Balaban J connectivity index is 0.000000212. The molecule has 0 amide bonds. The molecule has 25 heavy (non-hydrogen) atoms. The average molecular weight is 452 g/mol. The molecule has 0 radical (unpaired) electrons. The van der Waals surface area contributed by atoms with E-state index in [4.69, 9.17) is 4.74 Å². The Labute approximate surface area is 165 Å². The molecule has 0 aliphatic carbocycles. The van der Waals surface area contributed by atoms with E-state index in [2.05, 4.69) is 70.1 Å². The highest BCUT2D eigenvalue weighted by Gasteiger charge is 2.18. The van der Waals surface area contributed by atoms with Crippen molar-refractivity contribution in [3.8, 4) is 5.75 Å². The first kappa shape index (κ1) is 20.2. The van der Waals surface area contributed by atoms with Crippen LogP contribution in [0.25, 0.3) is 0 Å². The predicted molar refractivity (Wildman–Crippen MR) is 114 cm³/mol. The Morgan fingerprint density at radius 2 is 1.84 bits per heavy atom. The van der Waals surface area contributed by atoms with Gasteiger partial charge in [0.15, 0.2) is 0 Å². The normalized spacial score (nSPS) is 17.5. The molecule has 1 aliphatic rings. The fraction of sp³-hybridized carbons (Fsp3) is 0.429. The summed E-state index contributed by atoms with van der Waals surface area (Å²) in [6, 6.07) is 19.4. The number of likely N-dealkylation sites (N-methyl/N-ethyl adjacent to an activating group) is 1. The van der Waals surface area contributed by atoms with Crippen molar-refractivity contribution in [3.05, 3.63) is 63.7 Å². The molecule has 4 heteroatoms. The van der Waals surface area contributed by atoms with E-state index in [1.54, 1.807) is 7.11 Å². The first-order chi connectivity index (χ1) is 12.2. The Morgan fingerprint density at radius 1 is 1.12 bits per heavy atom. The van der Waals surface area contributed by atoms with Crippen LogP contribution < -0.4 is 10.1 Å². The number of likely N-dealkylation sites (tertiary alicyclic amines) is 1. The highest BCUT2D eigenvalue weighted by Crippen LogP contribution is 2.18. The molecule has 1 N–H and O–H groups in total. The molecule has 0 saturated carbocycles. The molecule has 2 aromatic carbocycles. The van der Waals surface area contributed by atoms with Crippen LogP contribution in [-0.2, 0) is 6.54 Å². The number of halogens is 1. The lowest BCUT2D eigenvalue weighted by Crippen LogP contribution is -2.45. The fourth-order valence-corrected chi connectivity index (χ4v) is 3.71. The van der Waals surface area contributed by atoms with Gasteiger partial charge < -0.3 is 10.1 Å². The molecule has 136 valence electrons. The predicted octanol–water partition coefficient (Wildman–Crippen LogP) is 4.56. The van der Waals surface area contributed by atoms with Crippen molar-refractivity contribution >= 4 is 22.6 Å². The summed E-state index contributed by atoms with van der Waals surface area (Å²) in [5, 5.41) is 3.56. The van der Waals surface area contributed by atoms with Crippen LogP contribution in [0, 0.1) is 3.57 Å². The SMILES string of the molecule is CCNC1CCCN(Cc2ccccc2)C1.COc1ccccc1I. The molecule has 1 fully saturated rings. The van der Waals surface area contributed by atoms with Crippen molar-refractivity contribution in [2.75, 3.05) is 26.7 Å². The van der Waals surface area contributed by atoms with E-state index in [1.807, 2.05) is 24.3 Å².